The van der Waals surface area contributed by atoms with Crippen LogP contribution in [0.3, 0.4) is 0 Å². The van der Waals surface area contributed by atoms with Crippen molar-refractivity contribution in [2.75, 3.05) is 65.4 Å². The molecule has 0 atom stereocenters. The molecule has 34 heavy (non-hydrogen) atoms. The molecular weight excluding hydrogens is 454 g/mol. The Hall–Kier alpha value is -2.01. The fourth-order valence-electron chi connectivity index (χ4n) is 5.14. The molecule has 2 aliphatic carbocycles. The molecule has 1 saturated carbocycles. The van der Waals surface area contributed by atoms with Gasteiger partial charge in [-0.15, -0.1) is 0 Å². The van der Waals surface area contributed by atoms with Gasteiger partial charge in [-0.2, -0.15) is 4.31 Å². The van der Waals surface area contributed by atoms with Crippen LogP contribution in [0.4, 0.5) is 0 Å². The monoisotopic (exact) mass is 489 g/mol. The maximum atomic E-state index is 13.1. The average molecular weight is 490 g/mol. The summed E-state index contributed by atoms with van der Waals surface area (Å²) in [4.78, 5) is 31.3. The highest BCUT2D eigenvalue weighted by atomic mass is 32.2. The van der Waals surface area contributed by atoms with E-state index in [1.54, 1.807) is 11.0 Å². The molecule has 2 amide bonds. The van der Waals surface area contributed by atoms with Crippen molar-refractivity contribution >= 4 is 21.8 Å². The fourth-order valence-corrected chi connectivity index (χ4v) is 6.61. The van der Waals surface area contributed by atoms with Gasteiger partial charge in [-0.1, -0.05) is 6.07 Å². The number of sulfonamides is 1. The first-order valence-electron chi connectivity index (χ1n) is 12.5. The normalized spacial score (nSPS) is 22.5. The zero-order chi connectivity index (χ0) is 23.7. The summed E-state index contributed by atoms with van der Waals surface area (Å²) in [6.45, 7) is 5.35. The van der Waals surface area contributed by atoms with E-state index in [-0.39, 0.29) is 11.8 Å². The highest BCUT2D eigenvalue weighted by Gasteiger charge is 2.32. The lowest BCUT2D eigenvalue weighted by Gasteiger charge is -2.37. The minimum Gasteiger partial charge on any atom is -0.352 e. The van der Waals surface area contributed by atoms with Gasteiger partial charge in [0.25, 0.3) is 0 Å². The summed E-state index contributed by atoms with van der Waals surface area (Å²) in [5.74, 6) is 0.147. The second-order valence-corrected chi connectivity index (χ2v) is 11.9. The number of piperazine rings is 2. The number of rotatable bonds is 7. The summed E-state index contributed by atoms with van der Waals surface area (Å²) in [5.41, 5.74) is 2.41. The molecule has 2 heterocycles. The number of fused-ring (bicyclic) bond motifs is 1. The van der Waals surface area contributed by atoms with Crippen molar-refractivity contribution in [2.24, 2.45) is 0 Å². The van der Waals surface area contributed by atoms with Gasteiger partial charge in [0.15, 0.2) is 0 Å². The number of hydrogen-bond donors (Lipinski definition) is 1. The van der Waals surface area contributed by atoms with E-state index in [9.17, 15) is 18.0 Å². The molecule has 2 aliphatic heterocycles. The van der Waals surface area contributed by atoms with Crippen LogP contribution in [0.2, 0.25) is 0 Å². The van der Waals surface area contributed by atoms with Crippen molar-refractivity contribution in [1.29, 1.82) is 0 Å². The number of nitrogens with zero attached hydrogens (tertiary/aromatic N) is 4. The largest absolute Gasteiger partial charge is 0.352 e. The van der Waals surface area contributed by atoms with Crippen LogP contribution in [0.15, 0.2) is 23.1 Å². The Kier molecular flexibility index (Phi) is 6.92. The predicted octanol–water partition coefficient (Wildman–Crippen LogP) is -0.0956. The number of benzene rings is 1. The van der Waals surface area contributed by atoms with Gasteiger partial charge in [-0.05, 0) is 55.4 Å². The molecule has 1 aromatic carbocycles. The van der Waals surface area contributed by atoms with E-state index in [0.29, 0.717) is 50.2 Å². The number of carbonyl (C=O) groups is 2. The van der Waals surface area contributed by atoms with Gasteiger partial charge in [0.05, 0.1) is 18.0 Å². The maximum absolute atomic E-state index is 13.1. The Balaban J connectivity index is 1.06. The Morgan fingerprint density at radius 2 is 1.50 bits per heavy atom. The van der Waals surface area contributed by atoms with Crippen LogP contribution in [0.5, 0.6) is 0 Å². The van der Waals surface area contributed by atoms with Crippen LogP contribution in [0.1, 0.15) is 30.4 Å². The number of hydrogen-bond acceptors (Lipinski definition) is 6. The molecule has 4 aliphatic rings. The molecule has 0 spiro atoms. The number of carbonyl (C=O) groups excluding carboxylic acids is 2. The molecule has 1 aromatic rings. The first-order valence-corrected chi connectivity index (χ1v) is 14.0. The first kappa shape index (κ1) is 23.7. The molecule has 1 N–H and O–H groups in total. The van der Waals surface area contributed by atoms with Crippen LogP contribution in [-0.4, -0.2) is 111 Å². The van der Waals surface area contributed by atoms with E-state index >= 15 is 0 Å². The van der Waals surface area contributed by atoms with E-state index in [1.807, 2.05) is 12.1 Å². The number of nitrogens with one attached hydrogen (secondary N) is 1. The highest BCUT2D eigenvalue weighted by Crippen LogP contribution is 2.26. The van der Waals surface area contributed by atoms with E-state index < -0.39 is 10.0 Å². The van der Waals surface area contributed by atoms with E-state index in [0.717, 1.165) is 63.8 Å². The molecule has 10 heteroatoms. The summed E-state index contributed by atoms with van der Waals surface area (Å²) < 4.78 is 27.8. The number of aryl methyl sites for hydroxylation is 2. The van der Waals surface area contributed by atoms with Crippen molar-refractivity contribution < 1.29 is 18.0 Å². The minimum absolute atomic E-state index is 0.0505. The van der Waals surface area contributed by atoms with Crippen LogP contribution >= 0.6 is 0 Å². The summed E-state index contributed by atoms with van der Waals surface area (Å²) in [7, 11) is -3.53. The van der Waals surface area contributed by atoms with Crippen molar-refractivity contribution in [2.45, 2.75) is 43.0 Å². The molecule has 3 fully saturated rings. The summed E-state index contributed by atoms with van der Waals surface area (Å²) in [6.07, 6.45) is 5.25. The molecule has 2 saturated heterocycles. The molecule has 0 aromatic heterocycles. The molecule has 0 bridgehead atoms. The van der Waals surface area contributed by atoms with Crippen molar-refractivity contribution in [3.63, 3.8) is 0 Å². The number of amides is 2. The van der Waals surface area contributed by atoms with Gasteiger partial charge in [-0.25, -0.2) is 8.42 Å². The van der Waals surface area contributed by atoms with Gasteiger partial charge in [0.2, 0.25) is 21.8 Å². The molecule has 0 radical (unpaired) electrons. The van der Waals surface area contributed by atoms with E-state index in [1.165, 1.54) is 9.87 Å². The van der Waals surface area contributed by atoms with Crippen LogP contribution in [0.25, 0.3) is 0 Å². The van der Waals surface area contributed by atoms with Crippen LogP contribution < -0.4 is 5.32 Å². The van der Waals surface area contributed by atoms with Gasteiger partial charge in [0, 0.05) is 58.4 Å². The zero-order valence-electron chi connectivity index (χ0n) is 19.7. The summed E-state index contributed by atoms with van der Waals surface area (Å²) in [5, 5.41) is 3.02. The molecular formula is C24H35N5O4S. The van der Waals surface area contributed by atoms with Crippen LogP contribution in [-0.2, 0) is 32.5 Å². The Morgan fingerprint density at radius 1 is 0.853 bits per heavy atom. The standard InChI is InChI=1S/C24H35N5O4S/c30-23(25-21-5-6-21)17-26-8-10-27(11-9-26)18-24(31)28-12-14-29(15-13-28)34(32,33)22-7-4-19-2-1-3-20(19)16-22/h4,7,16,21H,1-3,5-6,8-15,17-18H2,(H,25,30). The Morgan fingerprint density at radius 3 is 2.18 bits per heavy atom. The second kappa shape index (κ2) is 9.93. The van der Waals surface area contributed by atoms with Crippen LogP contribution in [0, 0.1) is 0 Å². The molecule has 5 rings (SSSR count). The lowest BCUT2D eigenvalue weighted by atomic mass is 10.1. The molecule has 0 unspecified atom stereocenters. The minimum atomic E-state index is -3.53. The van der Waals surface area contributed by atoms with E-state index in [4.69, 9.17) is 0 Å². The molecule has 186 valence electrons. The van der Waals surface area contributed by atoms with E-state index in [2.05, 4.69) is 15.1 Å². The Bertz CT molecular complexity index is 1030. The second-order valence-electron chi connectivity index (χ2n) is 9.96. The average Bonchev–Trinajstić information content (AvgIpc) is 3.52. The summed E-state index contributed by atoms with van der Waals surface area (Å²) in [6, 6.07) is 5.90. The van der Waals surface area contributed by atoms with Crippen molar-refractivity contribution in [1.82, 2.24) is 24.3 Å². The van der Waals surface area contributed by atoms with Gasteiger partial charge >= 0.3 is 0 Å². The Labute approximate surface area is 202 Å². The third-order valence-electron chi connectivity index (χ3n) is 7.43. The lowest BCUT2D eigenvalue weighted by Crippen LogP contribution is -2.55. The fraction of sp³-hybridized carbons (Fsp3) is 0.667. The highest BCUT2D eigenvalue weighted by molar-refractivity contribution is 7.89. The summed E-state index contributed by atoms with van der Waals surface area (Å²) >= 11 is 0. The van der Waals surface area contributed by atoms with Gasteiger partial charge < -0.3 is 10.2 Å². The smallest absolute Gasteiger partial charge is 0.243 e. The van der Waals surface area contributed by atoms with Crippen molar-refractivity contribution in [3.05, 3.63) is 29.3 Å². The van der Waals surface area contributed by atoms with Gasteiger partial charge in [0.1, 0.15) is 0 Å². The third kappa shape index (κ3) is 5.45. The quantitative estimate of drug-likeness (QED) is 0.575. The SMILES string of the molecule is O=C(CN1CCN(CC(=O)N2CCN(S(=O)(=O)c3ccc4c(c3)CCC4)CC2)CC1)NC1CC1. The third-order valence-corrected chi connectivity index (χ3v) is 9.33. The first-order chi connectivity index (χ1) is 16.4. The predicted molar refractivity (Wildman–Crippen MR) is 128 cm³/mol. The lowest BCUT2D eigenvalue weighted by molar-refractivity contribution is -0.134. The van der Waals surface area contributed by atoms with Gasteiger partial charge in [-0.3, -0.25) is 19.4 Å². The van der Waals surface area contributed by atoms with Crippen molar-refractivity contribution in [3.8, 4) is 0 Å². The maximum Gasteiger partial charge on any atom is 0.243 e. The zero-order valence-corrected chi connectivity index (χ0v) is 20.6. The molecule has 9 nitrogen and oxygen atoms in total. The topological polar surface area (TPSA) is 93.3 Å².